The molecule has 138 valence electrons. The summed E-state index contributed by atoms with van der Waals surface area (Å²) in [6.45, 7) is 2.27. The molecule has 0 heterocycles. The lowest BCUT2D eigenvalue weighted by molar-refractivity contribution is -0.124. The number of halogens is 1. The van der Waals surface area contributed by atoms with Crippen molar-refractivity contribution in [3.8, 4) is 0 Å². The second-order valence-corrected chi connectivity index (χ2v) is 6.64. The highest BCUT2D eigenvalue weighted by Crippen LogP contribution is 2.17. The number of benzene rings is 1. The van der Waals surface area contributed by atoms with Gasteiger partial charge in [-0.25, -0.2) is 9.18 Å². The van der Waals surface area contributed by atoms with Crippen LogP contribution >= 0.6 is 0 Å². The third kappa shape index (κ3) is 6.72. The predicted molar refractivity (Wildman–Crippen MR) is 95.5 cm³/mol. The molecule has 1 aliphatic carbocycles. The summed E-state index contributed by atoms with van der Waals surface area (Å²) in [7, 11) is 0. The monoisotopic (exact) mass is 349 g/mol. The summed E-state index contributed by atoms with van der Waals surface area (Å²) in [6.07, 6.45) is 6.96. The van der Waals surface area contributed by atoms with Crippen LogP contribution in [0.15, 0.2) is 24.3 Å². The first-order chi connectivity index (χ1) is 12.1. The number of amides is 3. The molecule has 1 fully saturated rings. The first-order valence-corrected chi connectivity index (χ1v) is 9.17. The van der Waals surface area contributed by atoms with Crippen LogP contribution < -0.4 is 16.0 Å². The molecule has 25 heavy (non-hydrogen) atoms. The molecule has 5 nitrogen and oxygen atoms in total. The Kier molecular flexibility index (Phi) is 7.70. The van der Waals surface area contributed by atoms with Gasteiger partial charge in [0.05, 0.1) is 0 Å². The van der Waals surface area contributed by atoms with Crippen molar-refractivity contribution >= 4 is 11.9 Å². The maximum Gasteiger partial charge on any atom is 0.315 e. The summed E-state index contributed by atoms with van der Waals surface area (Å²) in [5, 5.41) is 8.53. The van der Waals surface area contributed by atoms with E-state index in [0.29, 0.717) is 6.42 Å². The summed E-state index contributed by atoms with van der Waals surface area (Å²) >= 11 is 0. The Morgan fingerprint density at radius 2 is 1.84 bits per heavy atom. The Balaban J connectivity index is 1.80. The lowest BCUT2D eigenvalue weighted by Gasteiger charge is -2.26. The number of hydrogen-bond donors (Lipinski definition) is 3. The highest BCUT2D eigenvalue weighted by molar-refractivity contribution is 5.87. The van der Waals surface area contributed by atoms with Crippen LogP contribution in [-0.2, 0) is 11.3 Å². The molecule has 1 aromatic carbocycles. The fourth-order valence-electron chi connectivity index (χ4n) is 3.10. The minimum absolute atomic E-state index is 0.106. The molecule has 0 radical (unpaired) electrons. The summed E-state index contributed by atoms with van der Waals surface area (Å²) in [5.74, 6) is -0.415. The number of urea groups is 1. The zero-order chi connectivity index (χ0) is 18.1. The Morgan fingerprint density at radius 1 is 1.16 bits per heavy atom. The van der Waals surface area contributed by atoms with Crippen molar-refractivity contribution in [3.63, 3.8) is 0 Å². The van der Waals surface area contributed by atoms with Gasteiger partial charge >= 0.3 is 6.03 Å². The van der Waals surface area contributed by atoms with Crippen LogP contribution in [0.4, 0.5) is 9.18 Å². The van der Waals surface area contributed by atoms with Gasteiger partial charge in [0.2, 0.25) is 5.91 Å². The van der Waals surface area contributed by atoms with Gasteiger partial charge in [-0.2, -0.15) is 0 Å². The minimum Gasteiger partial charge on any atom is -0.352 e. The molecule has 3 N–H and O–H groups in total. The molecule has 1 aliphatic rings. The van der Waals surface area contributed by atoms with Crippen molar-refractivity contribution < 1.29 is 14.0 Å². The second-order valence-electron chi connectivity index (χ2n) is 6.64. The molecule has 0 aromatic heterocycles. The molecule has 1 atom stereocenters. The Morgan fingerprint density at radius 3 is 2.48 bits per heavy atom. The summed E-state index contributed by atoms with van der Waals surface area (Å²) in [4.78, 5) is 24.5. The zero-order valence-corrected chi connectivity index (χ0v) is 14.8. The van der Waals surface area contributed by atoms with Gasteiger partial charge in [-0.3, -0.25) is 4.79 Å². The van der Waals surface area contributed by atoms with Gasteiger partial charge in [-0.05, 0) is 37.0 Å². The largest absolute Gasteiger partial charge is 0.352 e. The van der Waals surface area contributed by atoms with E-state index >= 15 is 0 Å². The van der Waals surface area contributed by atoms with Crippen molar-refractivity contribution in [1.29, 1.82) is 0 Å². The molecule has 1 aromatic rings. The van der Waals surface area contributed by atoms with Gasteiger partial charge in [0, 0.05) is 12.6 Å². The average molecular weight is 349 g/mol. The highest BCUT2D eigenvalue weighted by atomic mass is 19.1. The molecular weight excluding hydrogens is 321 g/mol. The van der Waals surface area contributed by atoms with E-state index in [-0.39, 0.29) is 30.3 Å². The first-order valence-electron chi connectivity index (χ1n) is 9.17. The summed E-state index contributed by atoms with van der Waals surface area (Å²) in [5.41, 5.74) is 0.801. The van der Waals surface area contributed by atoms with E-state index in [9.17, 15) is 14.0 Å². The van der Waals surface area contributed by atoms with E-state index in [1.165, 1.54) is 18.6 Å². The average Bonchev–Trinajstić information content (AvgIpc) is 2.62. The summed E-state index contributed by atoms with van der Waals surface area (Å²) in [6, 6.07) is 5.26. The van der Waals surface area contributed by atoms with Crippen LogP contribution in [-0.4, -0.2) is 24.0 Å². The van der Waals surface area contributed by atoms with E-state index in [2.05, 4.69) is 16.0 Å². The van der Waals surface area contributed by atoms with Crippen molar-refractivity contribution in [2.75, 3.05) is 0 Å². The maximum absolute atomic E-state index is 12.9. The number of hydrogen-bond acceptors (Lipinski definition) is 2. The van der Waals surface area contributed by atoms with Crippen molar-refractivity contribution in [2.24, 2.45) is 0 Å². The maximum atomic E-state index is 12.9. The van der Waals surface area contributed by atoms with Crippen LogP contribution in [0.1, 0.15) is 57.4 Å². The smallest absolute Gasteiger partial charge is 0.315 e. The van der Waals surface area contributed by atoms with Crippen LogP contribution in [0.5, 0.6) is 0 Å². The zero-order valence-electron chi connectivity index (χ0n) is 14.8. The topological polar surface area (TPSA) is 70.2 Å². The van der Waals surface area contributed by atoms with Crippen LogP contribution in [0.3, 0.4) is 0 Å². The van der Waals surface area contributed by atoms with Gasteiger partial charge in [-0.1, -0.05) is 44.7 Å². The van der Waals surface area contributed by atoms with Crippen molar-refractivity contribution in [2.45, 2.75) is 70.5 Å². The molecule has 1 saturated carbocycles. The SMILES string of the molecule is CCC[C@H](NC(=O)NCc1ccc(F)cc1)C(=O)NC1CCCCC1. The van der Waals surface area contributed by atoms with Gasteiger partial charge in [-0.15, -0.1) is 0 Å². The van der Waals surface area contributed by atoms with E-state index in [1.54, 1.807) is 12.1 Å². The number of carbonyl (C=O) groups excluding carboxylic acids is 2. The standard InChI is InChI=1S/C19H28FN3O2/c1-2-6-17(18(24)22-16-7-4-3-5-8-16)23-19(25)21-13-14-9-11-15(20)12-10-14/h9-12,16-17H,2-8,13H2,1H3,(H,22,24)(H2,21,23,25)/t17-/m0/s1. The molecule has 0 saturated heterocycles. The molecule has 0 unspecified atom stereocenters. The van der Waals surface area contributed by atoms with Gasteiger partial charge in [0.15, 0.2) is 0 Å². The van der Waals surface area contributed by atoms with Crippen LogP contribution in [0, 0.1) is 5.82 Å². The molecular formula is C19H28FN3O2. The minimum atomic E-state index is -0.528. The molecule has 0 bridgehead atoms. The second kappa shape index (κ2) is 10.0. The van der Waals surface area contributed by atoms with Crippen LogP contribution in [0.2, 0.25) is 0 Å². The Bertz CT molecular complexity index is 556. The third-order valence-electron chi connectivity index (χ3n) is 4.52. The fourth-order valence-corrected chi connectivity index (χ4v) is 3.10. The number of nitrogens with one attached hydrogen (secondary N) is 3. The van der Waals surface area contributed by atoms with E-state index in [0.717, 1.165) is 37.7 Å². The van der Waals surface area contributed by atoms with Gasteiger partial charge < -0.3 is 16.0 Å². The van der Waals surface area contributed by atoms with E-state index in [4.69, 9.17) is 0 Å². The first kappa shape index (κ1) is 19.2. The molecule has 6 heteroatoms. The Labute approximate surface area is 148 Å². The molecule has 0 aliphatic heterocycles. The van der Waals surface area contributed by atoms with Gasteiger partial charge in [0.1, 0.15) is 11.9 Å². The van der Waals surface area contributed by atoms with E-state index in [1.807, 2.05) is 6.92 Å². The summed E-state index contributed by atoms with van der Waals surface area (Å²) < 4.78 is 12.9. The predicted octanol–water partition coefficient (Wildman–Crippen LogP) is 3.24. The van der Waals surface area contributed by atoms with Gasteiger partial charge in [0.25, 0.3) is 0 Å². The number of rotatable bonds is 7. The third-order valence-corrected chi connectivity index (χ3v) is 4.52. The van der Waals surface area contributed by atoms with Crippen molar-refractivity contribution in [3.05, 3.63) is 35.6 Å². The normalized spacial score (nSPS) is 16.1. The Hall–Kier alpha value is -2.11. The number of carbonyl (C=O) groups is 2. The lowest BCUT2D eigenvalue weighted by atomic mass is 9.95. The quantitative estimate of drug-likeness (QED) is 0.707. The fraction of sp³-hybridized carbons (Fsp3) is 0.579. The van der Waals surface area contributed by atoms with Crippen LogP contribution in [0.25, 0.3) is 0 Å². The lowest BCUT2D eigenvalue weighted by Crippen LogP contribution is -2.52. The highest BCUT2D eigenvalue weighted by Gasteiger charge is 2.23. The molecule has 0 spiro atoms. The molecule has 2 rings (SSSR count). The molecule has 3 amide bonds. The van der Waals surface area contributed by atoms with E-state index < -0.39 is 6.04 Å². The van der Waals surface area contributed by atoms with Crippen molar-refractivity contribution in [1.82, 2.24) is 16.0 Å².